The molecule has 2 unspecified atom stereocenters. The molecule has 3 rings (SSSR count). The van der Waals surface area contributed by atoms with Gasteiger partial charge in [-0.25, -0.2) is 4.39 Å². The standard InChI is InChI=1S/C17H23ClFNO/c1-2-20-16(14-10-13(18)4-5-15(14)19)12-6-9-21-17(11-12)7-3-8-17/h4-5,10,12,16,20H,2-3,6-9,11H2,1H3. The first-order chi connectivity index (χ1) is 10.1. The second-order valence-electron chi connectivity index (χ2n) is 6.34. The second kappa shape index (κ2) is 6.23. The molecule has 2 fully saturated rings. The Morgan fingerprint density at radius 1 is 1.48 bits per heavy atom. The summed E-state index contributed by atoms with van der Waals surface area (Å²) in [5, 5.41) is 4.07. The van der Waals surface area contributed by atoms with Crippen molar-refractivity contribution < 1.29 is 9.13 Å². The van der Waals surface area contributed by atoms with Gasteiger partial charge in [0.25, 0.3) is 0 Å². The van der Waals surface area contributed by atoms with Crippen molar-refractivity contribution in [2.75, 3.05) is 13.2 Å². The number of rotatable bonds is 4. The summed E-state index contributed by atoms with van der Waals surface area (Å²) < 4.78 is 20.3. The quantitative estimate of drug-likeness (QED) is 0.885. The molecule has 4 heteroatoms. The van der Waals surface area contributed by atoms with Crippen molar-refractivity contribution in [2.45, 2.75) is 50.7 Å². The normalized spacial score (nSPS) is 25.6. The van der Waals surface area contributed by atoms with E-state index in [0.29, 0.717) is 16.5 Å². The zero-order valence-corrected chi connectivity index (χ0v) is 13.3. The maximum absolute atomic E-state index is 14.3. The minimum atomic E-state index is -0.167. The summed E-state index contributed by atoms with van der Waals surface area (Å²) in [4.78, 5) is 0. The Morgan fingerprint density at radius 3 is 2.95 bits per heavy atom. The van der Waals surface area contributed by atoms with Gasteiger partial charge in [0.2, 0.25) is 0 Å². The van der Waals surface area contributed by atoms with Gasteiger partial charge in [-0.3, -0.25) is 0 Å². The van der Waals surface area contributed by atoms with Gasteiger partial charge >= 0.3 is 0 Å². The van der Waals surface area contributed by atoms with Crippen LogP contribution in [0.2, 0.25) is 5.02 Å². The largest absolute Gasteiger partial charge is 0.375 e. The topological polar surface area (TPSA) is 21.3 Å². The van der Waals surface area contributed by atoms with Gasteiger partial charge < -0.3 is 10.1 Å². The number of hydrogen-bond donors (Lipinski definition) is 1. The monoisotopic (exact) mass is 311 g/mol. The molecule has 1 saturated carbocycles. The molecule has 1 saturated heterocycles. The van der Waals surface area contributed by atoms with Gasteiger partial charge in [0.1, 0.15) is 5.82 Å². The number of halogens is 2. The molecular formula is C17H23ClFNO. The van der Waals surface area contributed by atoms with Crippen LogP contribution in [0, 0.1) is 11.7 Å². The molecule has 1 aliphatic heterocycles. The van der Waals surface area contributed by atoms with Crippen LogP contribution in [0.4, 0.5) is 4.39 Å². The summed E-state index contributed by atoms with van der Waals surface area (Å²) in [6.07, 6.45) is 5.56. The van der Waals surface area contributed by atoms with Gasteiger partial charge in [0.15, 0.2) is 0 Å². The van der Waals surface area contributed by atoms with Crippen molar-refractivity contribution in [3.05, 3.63) is 34.6 Å². The first-order valence-electron chi connectivity index (χ1n) is 7.96. The number of nitrogens with one attached hydrogen (secondary N) is 1. The fourth-order valence-electron chi connectivity index (χ4n) is 3.77. The summed E-state index contributed by atoms with van der Waals surface area (Å²) >= 11 is 6.08. The minimum Gasteiger partial charge on any atom is -0.375 e. The second-order valence-corrected chi connectivity index (χ2v) is 6.78. The summed E-state index contributed by atoms with van der Waals surface area (Å²) in [6.45, 7) is 3.67. The van der Waals surface area contributed by atoms with E-state index < -0.39 is 0 Å². The summed E-state index contributed by atoms with van der Waals surface area (Å²) in [7, 11) is 0. The van der Waals surface area contributed by atoms with E-state index >= 15 is 0 Å². The van der Waals surface area contributed by atoms with E-state index in [1.54, 1.807) is 12.1 Å². The van der Waals surface area contributed by atoms with Crippen LogP contribution in [0.3, 0.4) is 0 Å². The first-order valence-corrected chi connectivity index (χ1v) is 8.34. The van der Waals surface area contributed by atoms with Crippen molar-refractivity contribution in [2.24, 2.45) is 5.92 Å². The third-order valence-electron chi connectivity index (χ3n) is 4.98. The third-order valence-corrected chi connectivity index (χ3v) is 5.22. The highest BCUT2D eigenvalue weighted by atomic mass is 35.5. The zero-order chi connectivity index (χ0) is 14.9. The molecule has 1 heterocycles. The Hall–Kier alpha value is -0.640. The van der Waals surface area contributed by atoms with E-state index in [-0.39, 0.29) is 17.5 Å². The van der Waals surface area contributed by atoms with Crippen LogP contribution in [0.25, 0.3) is 0 Å². The molecule has 0 amide bonds. The summed E-state index contributed by atoms with van der Waals surface area (Å²) in [5.74, 6) is 0.242. The number of hydrogen-bond acceptors (Lipinski definition) is 2. The molecule has 1 aromatic carbocycles. The zero-order valence-electron chi connectivity index (χ0n) is 12.5. The molecule has 0 radical (unpaired) electrons. The molecule has 116 valence electrons. The molecule has 0 bridgehead atoms. The molecule has 2 aliphatic rings. The van der Waals surface area contributed by atoms with Gasteiger partial charge in [0, 0.05) is 23.2 Å². The fraction of sp³-hybridized carbons (Fsp3) is 0.647. The van der Waals surface area contributed by atoms with Crippen molar-refractivity contribution in [1.82, 2.24) is 5.32 Å². The number of ether oxygens (including phenoxy) is 1. The Bertz CT molecular complexity index is 504. The van der Waals surface area contributed by atoms with Crippen molar-refractivity contribution in [1.29, 1.82) is 0 Å². The van der Waals surface area contributed by atoms with E-state index in [9.17, 15) is 4.39 Å². The van der Waals surface area contributed by atoms with Gasteiger partial charge in [-0.2, -0.15) is 0 Å². The van der Waals surface area contributed by atoms with Crippen LogP contribution in [0.15, 0.2) is 18.2 Å². The molecule has 2 atom stereocenters. The lowest BCUT2D eigenvalue weighted by molar-refractivity contribution is -0.147. The van der Waals surface area contributed by atoms with Gasteiger partial charge in [-0.15, -0.1) is 0 Å². The highest BCUT2D eigenvalue weighted by molar-refractivity contribution is 6.30. The molecule has 1 N–H and O–H groups in total. The predicted octanol–water partition coefficient (Wildman–Crippen LogP) is 4.48. The van der Waals surface area contributed by atoms with E-state index in [4.69, 9.17) is 16.3 Å². The van der Waals surface area contributed by atoms with Gasteiger partial charge in [0.05, 0.1) is 5.60 Å². The van der Waals surface area contributed by atoms with E-state index in [2.05, 4.69) is 12.2 Å². The molecule has 1 spiro atoms. The van der Waals surface area contributed by atoms with Crippen LogP contribution in [-0.4, -0.2) is 18.8 Å². The maximum Gasteiger partial charge on any atom is 0.128 e. The predicted molar refractivity (Wildman–Crippen MR) is 83.1 cm³/mol. The Morgan fingerprint density at radius 2 is 2.29 bits per heavy atom. The molecule has 2 nitrogen and oxygen atoms in total. The van der Waals surface area contributed by atoms with Crippen LogP contribution < -0.4 is 5.32 Å². The first kappa shape index (κ1) is 15.3. The number of benzene rings is 1. The van der Waals surface area contributed by atoms with Crippen LogP contribution in [-0.2, 0) is 4.74 Å². The van der Waals surface area contributed by atoms with Crippen molar-refractivity contribution in [3.8, 4) is 0 Å². The summed E-state index contributed by atoms with van der Waals surface area (Å²) in [6, 6.07) is 4.88. The van der Waals surface area contributed by atoms with Crippen molar-refractivity contribution in [3.63, 3.8) is 0 Å². The lowest BCUT2D eigenvalue weighted by atomic mass is 9.69. The minimum absolute atomic E-state index is 0.0232. The average Bonchev–Trinajstić information content (AvgIpc) is 2.46. The van der Waals surface area contributed by atoms with Crippen LogP contribution >= 0.6 is 11.6 Å². The lowest BCUT2D eigenvalue weighted by Crippen LogP contribution is -2.48. The van der Waals surface area contributed by atoms with Crippen LogP contribution in [0.5, 0.6) is 0 Å². The average molecular weight is 312 g/mol. The van der Waals surface area contributed by atoms with E-state index in [0.717, 1.165) is 38.8 Å². The highest BCUT2D eigenvalue weighted by Crippen LogP contribution is 2.47. The molecule has 21 heavy (non-hydrogen) atoms. The van der Waals surface area contributed by atoms with Gasteiger partial charge in [-0.1, -0.05) is 18.5 Å². The smallest absolute Gasteiger partial charge is 0.128 e. The van der Waals surface area contributed by atoms with E-state index in [1.807, 2.05) is 0 Å². The Balaban J connectivity index is 1.84. The molecule has 0 aromatic heterocycles. The maximum atomic E-state index is 14.3. The highest BCUT2D eigenvalue weighted by Gasteiger charge is 2.44. The van der Waals surface area contributed by atoms with E-state index in [1.165, 1.54) is 12.5 Å². The molecule has 1 aliphatic carbocycles. The lowest BCUT2D eigenvalue weighted by Gasteiger charge is -2.49. The SMILES string of the molecule is CCNC(c1cc(Cl)ccc1F)C1CCOC2(CCC2)C1. The molecular weight excluding hydrogens is 289 g/mol. The van der Waals surface area contributed by atoms with Crippen LogP contribution in [0.1, 0.15) is 50.6 Å². The van der Waals surface area contributed by atoms with Crippen molar-refractivity contribution >= 4 is 11.6 Å². The third kappa shape index (κ3) is 3.10. The summed E-state index contributed by atoms with van der Waals surface area (Å²) in [5.41, 5.74) is 0.775. The molecule has 1 aromatic rings. The fourth-order valence-corrected chi connectivity index (χ4v) is 3.95. The Kier molecular flexibility index (Phi) is 4.53. The Labute approximate surface area is 131 Å². The van der Waals surface area contributed by atoms with Gasteiger partial charge in [-0.05, 0) is 62.8 Å².